The highest BCUT2D eigenvalue weighted by molar-refractivity contribution is 7.91. The summed E-state index contributed by atoms with van der Waals surface area (Å²) in [6.07, 6.45) is 15.8. The molecule has 0 spiro atoms. The molecule has 3 N–H and O–H groups in total. The van der Waals surface area contributed by atoms with Crippen LogP contribution in [0.3, 0.4) is 0 Å². The van der Waals surface area contributed by atoms with Crippen LogP contribution < -0.4 is 49.5 Å². The van der Waals surface area contributed by atoms with Gasteiger partial charge >= 0.3 is 10.0 Å². The summed E-state index contributed by atoms with van der Waals surface area (Å²) in [6, 6.07) is 22.4. The standard InChI is InChI=1S/C34H48N3O2S.C26H34N3O2S/c1-9-11-12-13-14-15-18-37-32(40(37,38)39)28-23-33(3,4)36(10-2)31-22-30-25(20-27(28)31)19-24-16-17-26(35(7)8)21-29(24)34(30,5)6;1-8-29-24-14-23-18(12-21(24)19(15-25(29,2)3)16-32(27,30)31)11-17-9-10-20(28(6)7)13-22(17)26(23,4)5/h16-17,19-23,32H,9-15,18H2,1-8H3;9-15H,8,16H2,1-7H3,(H2,27,30,31)/q2*+1/p+1. The molecule has 1 fully saturated rings. The Hall–Kier alpha value is -4.88. The molecule has 9 rings (SSSR count). The second kappa shape index (κ2) is 19.1. The number of hydrogen-bond donors (Lipinski definition) is 2. The predicted molar refractivity (Wildman–Crippen MR) is 302 cm³/mol. The normalized spacial score (nSPS) is 20.8. The molecule has 2 unspecified atom stereocenters. The van der Waals surface area contributed by atoms with Gasteiger partial charge in [-0.15, -0.1) is 0 Å². The second-order valence-electron chi connectivity index (χ2n) is 23.6. The van der Waals surface area contributed by atoms with Gasteiger partial charge < -0.3 is 9.80 Å². The lowest BCUT2D eigenvalue weighted by Crippen LogP contribution is -2.95. The lowest BCUT2D eigenvalue weighted by molar-refractivity contribution is -0.700. The summed E-state index contributed by atoms with van der Waals surface area (Å²) in [4.78, 5) is 4.29. The van der Waals surface area contributed by atoms with Crippen molar-refractivity contribution in [3.05, 3.63) is 138 Å². The number of unbranched alkanes of at least 4 members (excludes halogenated alkanes) is 5. The van der Waals surface area contributed by atoms with Crippen LogP contribution >= 0.6 is 0 Å². The van der Waals surface area contributed by atoms with E-state index in [2.05, 4.69) is 208 Å². The first kappa shape index (κ1) is 53.4. The van der Waals surface area contributed by atoms with Crippen molar-refractivity contribution in [3.8, 4) is 0 Å². The Labute approximate surface area is 431 Å². The van der Waals surface area contributed by atoms with Crippen molar-refractivity contribution >= 4 is 54.7 Å². The van der Waals surface area contributed by atoms with Crippen LogP contribution in [0.5, 0.6) is 0 Å². The largest absolute Gasteiger partial charge is 0.378 e. The molecule has 5 aliphatic rings. The van der Waals surface area contributed by atoms with Crippen molar-refractivity contribution in [2.75, 3.05) is 63.4 Å². The minimum atomic E-state index is -3.65. The van der Waals surface area contributed by atoms with Crippen molar-refractivity contribution in [3.63, 3.8) is 0 Å². The molecule has 0 radical (unpaired) electrons. The molecule has 0 aromatic heterocycles. The SMILES string of the molecule is CCCCCCCC[NH+]1C(C2=CC(C)(C)[N+](CC)=c3cc4c(cc32)=Cc2ccc(N(C)C)cc2C4(C)C)S1(=O)=O.CC[N+]1=c2cc3c(cc2C(CS(N)(=O)=O)=CC1(C)C)=Cc1ccc(N(C)C)cc1C3(C)C. The Bertz CT molecular complexity index is 3420. The average Bonchev–Trinajstić information content (AvgIpc) is 3.84. The fourth-order valence-electron chi connectivity index (χ4n) is 12.5. The number of nitrogens with zero attached hydrogens (tertiary/aromatic N) is 4. The van der Waals surface area contributed by atoms with E-state index in [1.807, 2.05) is 0 Å². The van der Waals surface area contributed by atoms with Crippen LogP contribution in [-0.2, 0) is 30.9 Å². The highest BCUT2D eigenvalue weighted by Gasteiger charge is 2.64. The summed E-state index contributed by atoms with van der Waals surface area (Å²) in [5.74, 6) is -0.161. The van der Waals surface area contributed by atoms with E-state index in [0.29, 0.717) is 6.54 Å². The molecule has 2 atom stereocenters. The molecule has 10 nitrogen and oxygen atoms in total. The summed E-state index contributed by atoms with van der Waals surface area (Å²) in [5, 5.41) is 9.59. The van der Waals surface area contributed by atoms with E-state index in [1.165, 1.54) is 81.0 Å². The van der Waals surface area contributed by atoms with Gasteiger partial charge in [-0.3, -0.25) is 0 Å². The van der Waals surface area contributed by atoms with Crippen LogP contribution in [0.25, 0.3) is 23.3 Å². The van der Waals surface area contributed by atoms with Crippen molar-refractivity contribution in [1.29, 1.82) is 0 Å². The number of sulfonamides is 2. The fourth-order valence-corrected chi connectivity index (χ4v) is 15.1. The zero-order valence-corrected chi connectivity index (χ0v) is 47.7. The molecule has 4 aromatic rings. The third-order valence-corrected chi connectivity index (χ3v) is 19.2. The van der Waals surface area contributed by atoms with Gasteiger partial charge in [0.05, 0.1) is 23.4 Å². The van der Waals surface area contributed by atoms with E-state index in [1.54, 1.807) is 0 Å². The molecule has 12 heteroatoms. The van der Waals surface area contributed by atoms with Crippen LogP contribution in [0.4, 0.5) is 11.4 Å². The smallest absolute Gasteiger partial charge is 0.356 e. The number of quaternary nitrogens is 1. The van der Waals surface area contributed by atoms with Gasteiger partial charge in [-0.1, -0.05) is 72.4 Å². The number of benzene rings is 4. The van der Waals surface area contributed by atoms with Crippen molar-refractivity contribution in [1.82, 2.24) is 9.15 Å². The maximum Gasteiger partial charge on any atom is 0.356 e. The highest BCUT2D eigenvalue weighted by atomic mass is 32.2. The monoisotopic (exact) mass is 1020 g/mol. The van der Waals surface area contributed by atoms with Crippen LogP contribution in [0.15, 0.2) is 72.8 Å². The first-order chi connectivity index (χ1) is 33.6. The van der Waals surface area contributed by atoms with Gasteiger partial charge in [-0.2, -0.15) is 8.42 Å². The highest BCUT2D eigenvalue weighted by Crippen LogP contribution is 2.40. The lowest BCUT2D eigenvalue weighted by atomic mass is 9.71. The van der Waals surface area contributed by atoms with Gasteiger partial charge in [-0.25, -0.2) is 27.0 Å². The molecule has 4 aromatic carbocycles. The average molecular weight is 1020 g/mol. The number of nitrogens with two attached hydrogens (primary N) is 1. The van der Waals surface area contributed by atoms with Gasteiger partial charge in [0.15, 0.2) is 11.1 Å². The summed E-state index contributed by atoms with van der Waals surface area (Å²) < 4.78 is 56.4. The van der Waals surface area contributed by atoms with E-state index in [4.69, 9.17) is 5.14 Å². The number of likely N-dealkylation sites (N-methyl/N-ethyl adjacent to an activating group) is 2. The zero-order valence-electron chi connectivity index (χ0n) is 46.0. The number of rotatable bonds is 14. The molecule has 1 saturated heterocycles. The summed E-state index contributed by atoms with van der Waals surface area (Å²) in [5.41, 5.74) is 12.9. The van der Waals surface area contributed by atoms with Gasteiger partial charge in [0.2, 0.25) is 20.7 Å². The molecule has 386 valence electrons. The van der Waals surface area contributed by atoms with E-state index >= 15 is 0 Å². The molecule has 0 amide bonds. The minimum absolute atomic E-state index is 0.161. The number of hydrogen-bond acceptors (Lipinski definition) is 6. The van der Waals surface area contributed by atoms with Crippen LogP contribution in [0.1, 0.15) is 159 Å². The number of primary sulfonamides is 1. The minimum Gasteiger partial charge on any atom is -0.378 e. The van der Waals surface area contributed by atoms with Crippen molar-refractivity contribution < 1.29 is 21.1 Å². The Morgan fingerprint density at radius 3 is 1.54 bits per heavy atom. The molecule has 0 saturated carbocycles. The topological polar surface area (TPSA) is 111 Å². The molecule has 3 heterocycles. The summed E-state index contributed by atoms with van der Waals surface area (Å²) in [7, 11) is 1.45. The molecular formula is C60H83N6O4S2+3. The summed E-state index contributed by atoms with van der Waals surface area (Å²) >= 11 is 0. The Kier molecular flexibility index (Phi) is 14.2. The van der Waals surface area contributed by atoms with E-state index in [9.17, 15) is 16.8 Å². The van der Waals surface area contributed by atoms with E-state index in [-0.39, 0.29) is 27.7 Å². The lowest BCUT2D eigenvalue weighted by Gasteiger charge is -2.34. The predicted octanol–water partition coefficient (Wildman–Crippen LogP) is 6.02. The first-order valence-corrected chi connectivity index (χ1v) is 29.7. The van der Waals surface area contributed by atoms with Gasteiger partial charge in [0.1, 0.15) is 13.1 Å². The maximum atomic E-state index is 13.4. The van der Waals surface area contributed by atoms with Gasteiger partial charge in [-0.05, 0) is 137 Å². The Morgan fingerprint density at radius 1 is 0.611 bits per heavy atom. The van der Waals surface area contributed by atoms with Crippen molar-refractivity contribution in [2.45, 2.75) is 142 Å². The van der Waals surface area contributed by atoms with Crippen molar-refractivity contribution in [2.24, 2.45) is 5.14 Å². The number of nitrogens with one attached hydrogen (secondary N) is 1. The Morgan fingerprint density at radius 2 is 1.07 bits per heavy atom. The number of fused-ring (bicyclic) bond motifs is 6. The zero-order chi connectivity index (χ0) is 52.7. The van der Waals surface area contributed by atoms with Crippen LogP contribution in [-0.4, -0.2) is 86.9 Å². The molecule has 3 aliphatic heterocycles. The van der Waals surface area contributed by atoms with E-state index in [0.717, 1.165) is 63.1 Å². The molecule has 72 heavy (non-hydrogen) atoms. The van der Waals surface area contributed by atoms with E-state index < -0.39 is 25.4 Å². The molecule has 0 bridgehead atoms. The fraction of sp³-hybridized carbons (Fsp3) is 0.500. The Balaban J connectivity index is 0.000000197. The number of anilines is 2. The van der Waals surface area contributed by atoms with Gasteiger partial charge in [0, 0.05) is 95.8 Å². The van der Waals surface area contributed by atoms with Crippen LogP contribution in [0.2, 0.25) is 0 Å². The quantitative estimate of drug-likeness (QED) is 0.0910. The van der Waals surface area contributed by atoms with Gasteiger partial charge in [0.25, 0.3) is 5.37 Å². The molecule has 2 aliphatic carbocycles. The third kappa shape index (κ3) is 9.70. The maximum absolute atomic E-state index is 13.4. The van der Waals surface area contributed by atoms with Crippen LogP contribution in [0, 0.1) is 0 Å². The second-order valence-corrected chi connectivity index (χ2v) is 27.3. The third-order valence-electron chi connectivity index (χ3n) is 16.4. The first-order valence-electron chi connectivity index (χ1n) is 26.4. The molecular weight excluding hydrogens is 933 g/mol. The summed E-state index contributed by atoms with van der Waals surface area (Å²) in [6.45, 7) is 26.8.